The number of aliphatic carboxylic acids is 1. The smallest absolute Gasteiger partial charge is 0.329 e. The summed E-state index contributed by atoms with van der Waals surface area (Å²) in [5.74, 6) is -0.900. The molecule has 120 valence electrons. The summed E-state index contributed by atoms with van der Waals surface area (Å²) < 4.78 is 0. The lowest BCUT2D eigenvalue weighted by molar-refractivity contribution is -0.145. The number of carbonyl (C=O) groups excluding carboxylic acids is 1. The summed E-state index contributed by atoms with van der Waals surface area (Å²) >= 11 is 1.85. The fourth-order valence-corrected chi connectivity index (χ4v) is 4.30. The lowest BCUT2D eigenvalue weighted by atomic mass is 9.82. The van der Waals surface area contributed by atoms with Crippen molar-refractivity contribution in [1.82, 2.24) is 10.6 Å². The first-order valence-electron chi connectivity index (χ1n) is 7.90. The molecule has 21 heavy (non-hydrogen) atoms. The van der Waals surface area contributed by atoms with E-state index in [0.29, 0.717) is 18.1 Å². The fraction of sp³-hybridized carbons (Fsp3) is 0.867. The molecule has 2 aliphatic rings. The SMILES string of the molecule is CSC1CCCC(NC(=O)NC2(C(=O)O)CCCCC2)C1. The highest BCUT2D eigenvalue weighted by Gasteiger charge is 2.41. The van der Waals surface area contributed by atoms with Gasteiger partial charge in [-0.2, -0.15) is 11.8 Å². The number of urea groups is 1. The molecular formula is C15H26N2O3S. The Balaban J connectivity index is 1.89. The van der Waals surface area contributed by atoms with Gasteiger partial charge < -0.3 is 15.7 Å². The van der Waals surface area contributed by atoms with Gasteiger partial charge in [0.25, 0.3) is 0 Å². The summed E-state index contributed by atoms with van der Waals surface area (Å²) in [4.78, 5) is 23.7. The van der Waals surface area contributed by atoms with Gasteiger partial charge in [0.1, 0.15) is 5.54 Å². The second-order valence-corrected chi connectivity index (χ2v) is 7.41. The van der Waals surface area contributed by atoms with Gasteiger partial charge >= 0.3 is 12.0 Å². The Morgan fingerprint density at radius 1 is 1.14 bits per heavy atom. The van der Waals surface area contributed by atoms with Crippen molar-refractivity contribution in [3.8, 4) is 0 Å². The van der Waals surface area contributed by atoms with Crippen LogP contribution in [0, 0.1) is 0 Å². The van der Waals surface area contributed by atoms with Crippen molar-refractivity contribution in [2.24, 2.45) is 0 Å². The summed E-state index contributed by atoms with van der Waals surface area (Å²) in [7, 11) is 0. The predicted molar refractivity (Wildman–Crippen MR) is 84.7 cm³/mol. The Hall–Kier alpha value is -0.910. The molecule has 3 N–H and O–H groups in total. The second kappa shape index (κ2) is 7.38. The molecule has 2 fully saturated rings. The lowest BCUT2D eigenvalue weighted by Crippen LogP contribution is -2.59. The van der Waals surface area contributed by atoms with E-state index in [4.69, 9.17) is 0 Å². The summed E-state index contributed by atoms with van der Waals surface area (Å²) in [6, 6.07) is -0.142. The van der Waals surface area contributed by atoms with E-state index in [0.717, 1.165) is 38.5 Å². The Kier molecular flexibility index (Phi) is 5.79. The van der Waals surface area contributed by atoms with Crippen molar-refractivity contribution >= 4 is 23.8 Å². The van der Waals surface area contributed by atoms with E-state index < -0.39 is 11.5 Å². The molecule has 2 aliphatic carbocycles. The van der Waals surface area contributed by atoms with E-state index in [2.05, 4.69) is 16.9 Å². The molecule has 0 spiro atoms. The third-order valence-corrected chi connectivity index (χ3v) is 5.86. The highest BCUT2D eigenvalue weighted by molar-refractivity contribution is 7.99. The van der Waals surface area contributed by atoms with Crippen LogP contribution in [0.15, 0.2) is 0 Å². The number of carboxylic acid groups (broad SMARTS) is 1. The van der Waals surface area contributed by atoms with Crippen molar-refractivity contribution in [2.75, 3.05) is 6.26 Å². The second-order valence-electron chi connectivity index (χ2n) is 6.27. The van der Waals surface area contributed by atoms with Crippen molar-refractivity contribution in [3.63, 3.8) is 0 Å². The molecule has 5 nitrogen and oxygen atoms in total. The molecule has 0 aromatic heterocycles. The Morgan fingerprint density at radius 2 is 1.86 bits per heavy atom. The topological polar surface area (TPSA) is 78.4 Å². The molecule has 2 unspecified atom stereocenters. The van der Waals surface area contributed by atoms with Gasteiger partial charge in [0.15, 0.2) is 0 Å². The van der Waals surface area contributed by atoms with Gasteiger partial charge in [-0.15, -0.1) is 0 Å². The maximum atomic E-state index is 12.2. The van der Waals surface area contributed by atoms with Gasteiger partial charge in [0.2, 0.25) is 0 Å². The number of carboxylic acids is 1. The molecule has 2 saturated carbocycles. The van der Waals surface area contributed by atoms with E-state index in [1.165, 1.54) is 6.42 Å². The molecule has 0 aromatic rings. The van der Waals surface area contributed by atoms with Crippen LogP contribution in [-0.2, 0) is 4.79 Å². The first-order valence-corrected chi connectivity index (χ1v) is 9.19. The van der Waals surface area contributed by atoms with Crippen LogP contribution in [0.3, 0.4) is 0 Å². The van der Waals surface area contributed by atoms with Gasteiger partial charge in [0, 0.05) is 11.3 Å². The van der Waals surface area contributed by atoms with Crippen molar-refractivity contribution in [1.29, 1.82) is 0 Å². The van der Waals surface area contributed by atoms with Crippen LogP contribution in [0.5, 0.6) is 0 Å². The number of nitrogens with one attached hydrogen (secondary N) is 2. The molecule has 0 aliphatic heterocycles. The van der Waals surface area contributed by atoms with Gasteiger partial charge in [-0.3, -0.25) is 0 Å². The van der Waals surface area contributed by atoms with Crippen molar-refractivity contribution in [2.45, 2.75) is 74.6 Å². The highest BCUT2D eigenvalue weighted by Crippen LogP contribution is 2.29. The van der Waals surface area contributed by atoms with Crippen LogP contribution < -0.4 is 10.6 Å². The van der Waals surface area contributed by atoms with Crippen LogP contribution in [0.2, 0.25) is 0 Å². The molecule has 6 heteroatoms. The maximum Gasteiger partial charge on any atom is 0.329 e. The van der Waals surface area contributed by atoms with Crippen LogP contribution in [-0.4, -0.2) is 40.2 Å². The van der Waals surface area contributed by atoms with Gasteiger partial charge in [-0.05, 0) is 38.4 Å². The van der Waals surface area contributed by atoms with Gasteiger partial charge in [0.05, 0.1) is 0 Å². The molecule has 0 aromatic carbocycles. The molecular weight excluding hydrogens is 288 g/mol. The number of amides is 2. The van der Waals surface area contributed by atoms with Crippen LogP contribution >= 0.6 is 11.8 Å². The molecule has 0 bridgehead atoms. The van der Waals surface area contributed by atoms with E-state index >= 15 is 0 Å². The Bertz CT molecular complexity index is 383. The quantitative estimate of drug-likeness (QED) is 0.745. The van der Waals surface area contributed by atoms with Gasteiger partial charge in [-0.25, -0.2) is 9.59 Å². The number of carbonyl (C=O) groups is 2. The normalized spacial score (nSPS) is 28.6. The summed E-state index contributed by atoms with van der Waals surface area (Å²) in [5.41, 5.74) is -1.06. The Labute approximate surface area is 130 Å². The average Bonchev–Trinajstić information content (AvgIpc) is 2.48. The lowest BCUT2D eigenvalue weighted by Gasteiger charge is -2.35. The first-order chi connectivity index (χ1) is 10.1. The molecule has 0 heterocycles. The van der Waals surface area contributed by atoms with E-state index in [1.54, 1.807) is 0 Å². The average molecular weight is 314 g/mol. The number of hydrogen-bond acceptors (Lipinski definition) is 3. The minimum absolute atomic E-state index is 0.172. The number of thioether (sulfide) groups is 1. The minimum Gasteiger partial charge on any atom is -0.480 e. The number of hydrogen-bond donors (Lipinski definition) is 3. The van der Waals surface area contributed by atoms with Crippen molar-refractivity contribution < 1.29 is 14.7 Å². The molecule has 2 atom stereocenters. The van der Waals surface area contributed by atoms with E-state index in [1.807, 2.05) is 11.8 Å². The zero-order valence-electron chi connectivity index (χ0n) is 12.7. The fourth-order valence-electron chi connectivity index (χ4n) is 3.48. The summed E-state index contributed by atoms with van der Waals surface area (Å²) in [5, 5.41) is 15.8. The molecule has 0 saturated heterocycles. The highest BCUT2D eigenvalue weighted by atomic mass is 32.2. The molecule has 0 radical (unpaired) electrons. The third kappa shape index (κ3) is 4.28. The monoisotopic (exact) mass is 314 g/mol. The zero-order valence-corrected chi connectivity index (χ0v) is 13.5. The van der Waals surface area contributed by atoms with Crippen LogP contribution in [0.25, 0.3) is 0 Å². The minimum atomic E-state index is -1.06. The van der Waals surface area contributed by atoms with E-state index in [-0.39, 0.29) is 12.1 Å². The predicted octanol–water partition coefficient (Wildman–Crippen LogP) is 2.75. The largest absolute Gasteiger partial charge is 0.480 e. The van der Waals surface area contributed by atoms with E-state index in [9.17, 15) is 14.7 Å². The first kappa shape index (κ1) is 16.5. The molecule has 2 rings (SSSR count). The third-order valence-electron chi connectivity index (χ3n) is 4.76. The Morgan fingerprint density at radius 3 is 2.48 bits per heavy atom. The van der Waals surface area contributed by atoms with Gasteiger partial charge in [-0.1, -0.05) is 25.7 Å². The van der Waals surface area contributed by atoms with Crippen molar-refractivity contribution in [3.05, 3.63) is 0 Å². The number of rotatable bonds is 4. The molecule has 2 amide bonds. The van der Waals surface area contributed by atoms with Crippen LogP contribution in [0.4, 0.5) is 4.79 Å². The maximum absolute atomic E-state index is 12.2. The summed E-state index contributed by atoms with van der Waals surface area (Å²) in [6.07, 6.45) is 10.3. The van der Waals surface area contributed by atoms with Crippen LogP contribution in [0.1, 0.15) is 57.8 Å². The zero-order chi connectivity index (χ0) is 15.3. The standard InChI is InChI=1S/C15H26N2O3S/c1-21-12-7-5-6-11(10-12)16-14(20)17-15(13(18)19)8-3-2-4-9-15/h11-12H,2-10H2,1H3,(H,18,19)(H2,16,17,20). The summed E-state index contributed by atoms with van der Waals surface area (Å²) in [6.45, 7) is 0.